The van der Waals surface area contributed by atoms with Crippen molar-refractivity contribution in [3.63, 3.8) is 0 Å². The molecule has 90 valence electrons. The van der Waals surface area contributed by atoms with Crippen molar-refractivity contribution < 1.29 is 9.47 Å². The van der Waals surface area contributed by atoms with Gasteiger partial charge >= 0.3 is 0 Å². The average molecular weight is 288 g/mol. The van der Waals surface area contributed by atoms with Gasteiger partial charge in [0.15, 0.2) is 11.5 Å². The highest BCUT2D eigenvalue weighted by molar-refractivity contribution is 9.10. The first-order chi connectivity index (χ1) is 7.65. The topological polar surface area (TPSA) is 44.5 Å². The maximum Gasteiger partial charge on any atom is 0.175 e. The summed E-state index contributed by atoms with van der Waals surface area (Å²) >= 11 is 3.44. The molecular weight excluding hydrogens is 270 g/mol. The van der Waals surface area contributed by atoms with Crippen molar-refractivity contribution in [2.75, 3.05) is 20.8 Å². The highest BCUT2D eigenvalue weighted by Gasteiger charge is 2.17. The van der Waals surface area contributed by atoms with Gasteiger partial charge in [0.25, 0.3) is 0 Å². The van der Waals surface area contributed by atoms with Crippen molar-refractivity contribution in [1.82, 2.24) is 0 Å². The van der Waals surface area contributed by atoms with Gasteiger partial charge in [0, 0.05) is 5.56 Å². The molecule has 0 amide bonds. The lowest BCUT2D eigenvalue weighted by molar-refractivity contribution is 0.347. The van der Waals surface area contributed by atoms with Crippen molar-refractivity contribution in [1.29, 1.82) is 0 Å². The quantitative estimate of drug-likeness (QED) is 0.906. The first kappa shape index (κ1) is 13.3. The van der Waals surface area contributed by atoms with Crippen LogP contribution in [0.2, 0.25) is 0 Å². The minimum absolute atomic E-state index is 0.363. The smallest absolute Gasteiger partial charge is 0.175 e. The molecule has 0 saturated carbocycles. The molecule has 3 nitrogen and oxygen atoms in total. The van der Waals surface area contributed by atoms with Gasteiger partial charge in [-0.2, -0.15) is 0 Å². The van der Waals surface area contributed by atoms with Crippen LogP contribution >= 0.6 is 15.9 Å². The third-order valence-corrected chi connectivity index (χ3v) is 3.26. The zero-order chi connectivity index (χ0) is 12.1. The van der Waals surface area contributed by atoms with Crippen molar-refractivity contribution in [3.05, 3.63) is 22.2 Å². The van der Waals surface area contributed by atoms with Crippen LogP contribution in [-0.2, 0) is 0 Å². The molecule has 0 aromatic heterocycles. The maximum absolute atomic E-state index is 5.58. The van der Waals surface area contributed by atoms with E-state index in [1.54, 1.807) is 14.2 Å². The van der Waals surface area contributed by atoms with Crippen molar-refractivity contribution in [3.8, 4) is 11.5 Å². The van der Waals surface area contributed by atoms with E-state index in [4.69, 9.17) is 15.2 Å². The van der Waals surface area contributed by atoms with Crippen LogP contribution < -0.4 is 15.2 Å². The molecule has 0 heterocycles. The Labute approximate surface area is 105 Å². The minimum Gasteiger partial charge on any atom is -0.493 e. The van der Waals surface area contributed by atoms with Crippen molar-refractivity contribution in [2.45, 2.75) is 19.3 Å². The minimum atomic E-state index is 0.363. The van der Waals surface area contributed by atoms with Gasteiger partial charge < -0.3 is 15.2 Å². The van der Waals surface area contributed by atoms with E-state index in [9.17, 15) is 0 Å². The molecule has 0 fully saturated rings. The fourth-order valence-electron chi connectivity index (χ4n) is 1.75. The summed E-state index contributed by atoms with van der Waals surface area (Å²) in [5.74, 6) is 1.89. The Bertz CT molecular complexity index is 355. The van der Waals surface area contributed by atoms with Crippen LogP contribution in [-0.4, -0.2) is 20.8 Å². The zero-order valence-electron chi connectivity index (χ0n) is 9.92. The van der Waals surface area contributed by atoms with Crippen LogP contribution in [0.25, 0.3) is 0 Å². The van der Waals surface area contributed by atoms with Gasteiger partial charge in [-0.15, -0.1) is 0 Å². The molecule has 1 unspecified atom stereocenters. The first-order valence-electron chi connectivity index (χ1n) is 5.26. The second-order valence-corrected chi connectivity index (χ2v) is 4.54. The molecule has 0 aliphatic rings. The SMILES string of the molecule is COc1c(Br)ccc(C(C)CCN)c1OC. The molecule has 0 bridgehead atoms. The predicted molar refractivity (Wildman–Crippen MR) is 69.3 cm³/mol. The molecule has 1 atom stereocenters. The molecule has 1 rings (SSSR count). The highest BCUT2D eigenvalue weighted by atomic mass is 79.9. The van der Waals surface area contributed by atoms with Crippen LogP contribution in [0.3, 0.4) is 0 Å². The number of rotatable bonds is 5. The Hall–Kier alpha value is -0.740. The van der Waals surface area contributed by atoms with E-state index in [0.717, 1.165) is 28.0 Å². The average Bonchev–Trinajstić information content (AvgIpc) is 2.28. The number of halogens is 1. The van der Waals surface area contributed by atoms with Crippen LogP contribution in [0.4, 0.5) is 0 Å². The van der Waals surface area contributed by atoms with Gasteiger partial charge in [0.1, 0.15) is 0 Å². The van der Waals surface area contributed by atoms with E-state index in [1.165, 1.54) is 0 Å². The van der Waals surface area contributed by atoms with Gasteiger partial charge in [-0.3, -0.25) is 0 Å². The van der Waals surface area contributed by atoms with Gasteiger partial charge in [0.2, 0.25) is 0 Å². The van der Waals surface area contributed by atoms with E-state index in [0.29, 0.717) is 12.5 Å². The Balaban J connectivity index is 3.18. The summed E-state index contributed by atoms with van der Waals surface area (Å²) in [5, 5.41) is 0. The van der Waals surface area contributed by atoms with Gasteiger partial charge in [-0.05, 0) is 40.9 Å². The molecule has 0 aliphatic carbocycles. The van der Waals surface area contributed by atoms with Gasteiger partial charge in [-0.1, -0.05) is 13.0 Å². The second-order valence-electron chi connectivity index (χ2n) is 3.68. The number of methoxy groups -OCH3 is 2. The molecule has 2 N–H and O–H groups in total. The largest absolute Gasteiger partial charge is 0.493 e. The number of benzene rings is 1. The van der Waals surface area contributed by atoms with E-state index in [1.807, 2.05) is 12.1 Å². The van der Waals surface area contributed by atoms with Crippen molar-refractivity contribution >= 4 is 15.9 Å². The monoisotopic (exact) mass is 287 g/mol. The maximum atomic E-state index is 5.58. The summed E-state index contributed by atoms with van der Waals surface area (Å²) in [6.45, 7) is 2.81. The molecule has 4 heteroatoms. The Morgan fingerprint density at radius 1 is 1.25 bits per heavy atom. The first-order valence-corrected chi connectivity index (χ1v) is 6.05. The number of nitrogens with two attached hydrogens (primary N) is 1. The summed E-state index contributed by atoms with van der Waals surface area (Å²) in [6.07, 6.45) is 0.932. The summed E-state index contributed by atoms with van der Waals surface area (Å²) in [4.78, 5) is 0. The van der Waals surface area contributed by atoms with Crippen LogP contribution in [0.5, 0.6) is 11.5 Å². The predicted octanol–water partition coefficient (Wildman–Crippen LogP) is 2.92. The molecular formula is C12H18BrNO2. The zero-order valence-corrected chi connectivity index (χ0v) is 11.5. The summed E-state index contributed by atoms with van der Waals surface area (Å²) in [6, 6.07) is 4.02. The van der Waals surface area contributed by atoms with E-state index >= 15 is 0 Å². The number of hydrogen-bond donors (Lipinski definition) is 1. The second kappa shape index (κ2) is 6.11. The third kappa shape index (κ3) is 2.68. The Morgan fingerprint density at radius 2 is 1.88 bits per heavy atom. The molecule has 16 heavy (non-hydrogen) atoms. The Morgan fingerprint density at radius 3 is 2.38 bits per heavy atom. The molecule has 0 spiro atoms. The normalized spacial score (nSPS) is 12.3. The summed E-state index contributed by atoms with van der Waals surface area (Å²) in [5.41, 5.74) is 6.71. The van der Waals surface area contributed by atoms with Crippen molar-refractivity contribution in [2.24, 2.45) is 5.73 Å². The Kier molecular flexibility index (Phi) is 5.09. The summed E-state index contributed by atoms with van der Waals surface area (Å²) in [7, 11) is 3.29. The molecule has 0 aliphatic heterocycles. The van der Waals surface area contributed by atoms with Gasteiger partial charge in [-0.25, -0.2) is 0 Å². The molecule has 1 aromatic carbocycles. The number of hydrogen-bond acceptors (Lipinski definition) is 3. The lowest BCUT2D eigenvalue weighted by Crippen LogP contribution is -2.06. The van der Waals surface area contributed by atoms with Crippen LogP contribution in [0, 0.1) is 0 Å². The fourth-order valence-corrected chi connectivity index (χ4v) is 2.22. The third-order valence-electron chi connectivity index (χ3n) is 2.63. The van der Waals surface area contributed by atoms with E-state index < -0.39 is 0 Å². The molecule has 1 aromatic rings. The molecule has 0 saturated heterocycles. The van der Waals surface area contributed by atoms with Crippen LogP contribution in [0.15, 0.2) is 16.6 Å². The lowest BCUT2D eigenvalue weighted by Gasteiger charge is -2.18. The van der Waals surface area contributed by atoms with E-state index in [2.05, 4.69) is 22.9 Å². The van der Waals surface area contributed by atoms with Crippen LogP contribution in [0.1, 0.15) is 24.8 Å². The summed E-state index contributed by atoms with van der Waals surface area (Å²) < 4.78 is 11.7. The van der Waals surface area contributed by atoms with Gasteiger partial charge in [0.05, 0.1) is 18.7 Å². The van der Waals surface area contributed by atoms with E-state index in [-0.39, 0.29) is 0 Å². The highest BCUT2D eigenvalue weighted by Crippen LogP contribution is 2.41. The molecule has 0 radical (unpaired) electrons. The fraction of sp³-hybridized carbons (Fsp3) is 0.500. The lowest BCUT2D eigenvalue weighted by atomic mass is 9.96. The standard InChI is InChI=1S/C12H18BrNO2/c1-8(6-7-14)9-4-5-10(13)12(16-3)11(9)15-2/h4-5,8H,6-7,14H2,1-3H3. The number of ether oxygens (including phenoxy) is 2.